The van der Waals surface area contributed by atoms with Crippen LogP contribution in [-0.2, 0) is 16.4 Å². The molecule has 27 heavy (non-hydrogen) atoms. The van der Waals surface area contributed by atoms with Crippen molar-refractivity contribution in [2.45, 2.75) is 30.2 Å². The number of hydrogen-bond donors (Lipinski definition) is 0. The summed E-state index contributed by atoms with van der Waals surface area (Å²) in [6, 6.07) is 2.78. The van der Waals surface area contributed by atoms with Crippen LogP contribution >= 0.6 is 11.6 Å². The fourth-order valence-electron chi connectivity index (χ4n) is 2.89. The molecule has 0 amide bonds. The van der Waals surface area contributed by atoms with Crippen molar-refractivity contribution in [2.24, 2.45) is 0 Å². The van der Waals surface area contributed by atoms with Crippen molar-refractivity contribution in [2.75, 3.05) is 6.26 Å². The van der Waals surface area contributed by atoms with E-state index in [4.69, 9.17) is 16.1 Å². The maximum atomic E-state index is 13.0. The minimum Gasteiger partial charge on any atom is -0.360 e. The SMILES string of the molecule is CS(=O)(=O)c1ccc(C(=O)c2cnoc2C2CC2)c(Cl)c1Cn1cnnn1. The maximum Gasteiger partial charge on any atom is 0.199 e. The molecular weight excluding hydrogens is 394 g/mol. The van der Waals surface area contributed by atoms with Crippen molar-refractivity contribution < 1.29 is 17.7 Å². The molecular formula is C16H14ClN5O4S. The first kappa shape index (κ1) is 17.8. The molecule has 2 heterocycles. The molecule has 2 aromatic heterocycles. The number of benzene rings is 1. The summed E-state index contributed by atoms with van der Waals surface area (Å²) in [5, 5.41) is 14.6. The van der Waals surface area contributed by atoms with Gasteiger partial charge in [-0.15, -0.1) is 5.10 Å². The van der Waals surface area contributed by atoms with Crippen LogP contribution in [0, 0.1) is 0 Å². The standard InChI is InChI=1S/C16H14ClN5O4S/c1-27(24,25)13-5-4-10(14(17)12(13)7-22-8-18-20-21-22)15(23)11-6-19-26-16(11)9-2-3-9/h4-6,8-9H,2-3,7H2,1H3. The average Bonchev–Trinajstić information content (AvgIpc) is 3.12. The monoisotopic (exact) mass is 407 g/mol. The molecule has 0 bridgehead atoms. The van der Waals surface area contributed by atoms with E-state index in [9.17, 15) is 13.2 Å². The van der Waals surface area contributed by atoms with Crippen LogP contribution in [0.2, 0.25) is 5.02 Å². The van der Waals surface area contributed by atoms with Crippen LogP contribution in [0.5, 0.6) is 0 Å². The predicted molar refractivity (Wildman–Crippen MR) is 93.4 cm³/mol. The van der Waals surface area contributed by atoms with Crippen molar-refractivity contribution >= 4 is 27.2 Å². The molecule has 9 nitrogen and oxygen atoms in total. The van der Waals surface area contributed by atoms with E-state index in [1.54, 1.807) is 0 Å². The number of halogens is 1. The molecule has 140 valence electrons. The highest BCUT2D eigenvalue weighted by Crippen LogP contribution is 2.42. The molecule has 0 saturated heterocycles. The summed E-state index contributed by atoms with van der Waals surface area (Å²) < 4.78 is 30.9. The quantitative estimate of drug-likeness (QED) is 0.568. The van der Waals surface area contributed by atoms with Crippen LogP contribution in [-0.4, -0.2) is 45.8 Å². The molecule has 11 heteroatoms. The summed E-state index contributed by atoms with van der Waals surface area (Å²) >= 11 is 6.48. The highest BCUT2D eigenvalue weighted by molar-refractivity contribution is 7.90. The number of nitrogens with zero attached hydrogens (tertiary/aromatic N) is 5. The van der Waals surface area contributed by atoms with E-state index in [1.807, 2.05) is 0 Å². The predicted octanol–water partition coefficient (Wildman–Crippen LogP) is 1.87. The van der Waals surface area contributed by atoms with Gasteiger partial charge in [0.25, 0.3) is 0 Å². The van der Waals surface area contributed by atoms with Gasteiger partial charge in [-0.25, -0.2) is 13.1 Å². The summed E-state index contributed by atoms with van der Waals surface area (Å²) in [6.07, 6.45) is 5.68. The Hall–Kier alpha value is -2.59. The molecule has 0 unspecified atom stereocenters. The Kier molecular flexibility index (Phi) is 4.31. The van der Waals surface area contributed by atoms with Crippen LogP contribution in [0.15, 0.2) is 34.1 Å². The van der Waals surface area contributed by atoms with E-state index < -0.39 is 9.84 Å². The number of carbonyl (C=O) groups is 1. The molecule has 0 atom stereocenters. The minimum absolute atomic E-state index is 0.00841. The maximum absolute atomic E-state index is 13.0. The van der Waals surface area contributed by atoms with Crippen molar-refractivity contribution in [3.05, 3.63) is 52.1 Å². The molecule has 0 aliphatic heterocycles. The van der Waals surface area contributed by atoms with Gasteiger partial charge in [-0.05, 0) is 35.4 Å². The van der Waals surface area contributed by atoms with E-state index in [0.717, 1.165) is 19.1 Å². The number of carbonyl (C=O) groups excluding carboxylic acids is 1. The van der Waals surface area contributed by atoms with E-state index >= 15 is 0 Å². The number of ketones is 1. The summed E-state index contributed by atoms with van der Waals surface area (Å²) in [5.74, 6) is 0.382. The number of tetrazole rings is 1. The third-order valence-electron chi connectivity index (χ3n) is 4.35. The smallest absolute Gasteiger partial charge is 0.199 e. The highest BCUT2D eigenvalue weighted by Gasteiger charge is 2.33. The molecule has 0 radical (unpaired) electrons. The van der Waals surface area contributed by atoms with Gasteiger partial charge in [0, 0.05) is 23.3 Å². The first-order valence-electron chi connectivity index (χ1n) is 8.07. The van der Waals surface area contributed by atoms with Crippen LogP contribution in [0.25, 0.3) is 0 Å². The van der Waals surface area contributed by atoms with Crippen LogP contribution < -0.4 is 0 Å². The van der Waals surface area contributed by atoms with Crippen molar-refractivity contribution in [3.8, 4) is 0 Å². The molecule has 4 rings (SSSR count). The molecule has 3 aromatic rings. The van der Waals surface area contributed by atoms with Gasteiger partial charge in [0.1, 0.15) is 6.33 Å². The normalized spacial score (nSPS) is 14.4. The van der Waals surface area contributed by atoms with Gasteiger partial charge in [-0.3, -0.25) is 4.79 Å². The first-order valence-corrected chi connectivity index (χ1v) is 10.3. The Morgan fingerprint density at radius 2 is 2.11 bits per heavy atom. The van der Waals surface area contributed by atoms with Gasteiger partial charge < -0.3 is 4.52 Å². The topological polar surface area (TPSA) is 121 Å². The second kappa shape index (κ2) is 6.54. The zero-order chi connectivity index (χ0) is 19.2. The molecule has 1 aliphatic rings. The lowest BCUT2D eigenvalue weighted by molar-refractivity contribution is 0.103. The second-order valence-corrected chi connectivity index (χ2v) is 8.75. The molecule has 1 fully saturated rings. The van der Waals surface area contributed by atoms with Gasteiger partial charge >= 0.3 is 0 Å². The van der Waals surface area contributed by atoms with Crippen LogP contribution in [0.4, 0.5) is 0 Å². The van der Waals surface area contributed by atoms with Crippen LogP contribution in [0.3, 0.4) is 0 Å². The molecule has 0 N–H and O–H groups in total. The Bertz CT molecular complexity index is 1120. The van der Waals surface area contributed by atoms with Crippen LogP contribution in [0.1, 0.15) is 46.0 Å². The summed E-state index contributed by atoms with van der Waals surface area (Å²) in [5.41, 5.74) is 0.777. The number of sulfone groups is 1. The van der Waals surface area contributed by atoms with Gasteiger partial charge in [0.05, 0.1) is 28.2 Å². The number of aromatic nitrogens is 5. The Morgan fingerprint density at radius 1 is 1.33 bits per heavy atom. The van der Waals surface area contributed by atoms with E-state index in [-0.39, 0.29) is 39.3 Å². The second-order valence-electron chi connectivity index (χ2n) is 6.39. The Morgan fingerprint density at radius 3 is 2.74 bits per heavy atom. The molecule has 1 aliphatic carbocycles. The fourth-order valence-corrected chi connectivity index (χ4v) is 4.19. The average molecular weight is 408 g/mol. The lowest BCUT2D eigenvalue weighted by Crippen LogP contribution is -2.12. The lowest BCUT2D eigenvalue weighted by Gasteiger charge is -2.13. The minimum atomic E-state index is -3.58. The molecule has 1 aromatic carbocycles. The third-order valence-corrected chi connectivity index (χ3v) is 5.96. The van der Waals surface area contributed by atoms with E-state index in [1.165, 1.54) is 29.3 Å². The number of rotatable bonds is 6. The first-order chi connectivity index (χ1) is 12.9. The van der Waals surface area contributed by atoms with Gasteiger partial charge in [-0.1, -0.05) is 16.8 Å². The molecule has 1 saturated carbocycles. The zero-order valence-electron chi connectivity index (χ0n) is 14.2. The van der Waals surface area contributed by atoms with Gasteiger partial charge in [0.2, 0.25) is 0 Å². The van der Waals surface area contributed by atoms with Crippen molar-refractivity contribution in [1.29, 1.82) is 0 Å². The van der Waals surface area contributed by atoms with E-state index in [0.29, 0.717) is 11.3 Å². The Balaban J connectivity index is 1.82. The van der Waals surface area contributed by atoms with E-state index in [2.05, 4.69) is 20.7 Å². The largest absolute Gasteiger partial charge is 0.360 e. The van der Waals surface area contributed by atoms with Crippen molar-refractivity contribution in [3.63, 3.8) is 0 Å². The lowest BCUT2D eigenvalue weighted by atomic mass is 10.0. The number of hydrogen-bond acceptors (Lipinski definition) is 8. The van der Waals surface area contributed by atoms with Crippen molar-refractivity contribution in [1.82, 2.24) is 25.4 Å². The molecule has 0 spiro atoms. The fraction of sp³-hybridized carbons (Fsp3) is 0.312. The van der Waals surface area contributed by atoms with Gasteiger partial charge in [0.15, 0.2) is 21.4 Å². The highest BCUT2D eigenvalue weighted by atomic mass is 35.5. The summed E-state index contributed by atoms with van der Waals surface area (Å²) in [4.78, 5) is 13.0. The summed E-state index contributed by atoms with van der Waals surface area (Å²) in [6.45, 7) is 0.00841. The summed E-state index contributed by atoms with van der Waals surface area (Å²) in [7, 11) is -3.58. The van der Waals surface area contributed by atoms with Gasteiger partial charge in [-0.2, -0.15) is 0 Å². The zero-order valence-corrected chi connectivity index (χ0v) is 15.7. The Labute approximate surface area is 159 Å². The third kappa shape index (κ3) is 3.37.